The van der Waals surface area contributed by atoms with E-state index in [0.29, 0.717) is 0 Å². The lowest BCUT2D eigenvalue weighted by atomic mass is 10.2. The van der Waals surface area contributed by atoms with E-state index < -0.39 is 18.5 Å². The summed E-state index contributed by atoms with van der Waals surface area (Å²) in [7, 11) is 4.50. The molecule has 1 aromatic carbocycles. The van der Waals surface area contributed by atoms with Crippen molar-refractivity contribution in [3.05, 3.63) is 35.9 Å². The van der Waals surface area contributed by atoms with E-state index in [1.807, 2.05) is 0 Å². The maximum absolute atomic E-state index is 11.7. The summed E-state index contributed by atoms with van der Waals surface area (Å²) in [5, 5.41) is 2.40. The molecule has 2 amide bonds. The SMILES string of the molecule is CNC(=O)CN(C)C(=O)COC(=O)/C=C/c1ccc(OC)cc1. The van der Waals surface area contributed by atoms with Gasteiger partial charge >= 0.3 is 5.97 Å². The maximum atomic E-state index is 11.7. The van der Waals surface area contributed by atoms with Crippen molar-refractivity contribution in [1.82, 2.24) is 10.2 Å². The molecule has 0 radical (unpaired) electrons. The fraction of sp³-hybridized carbons (Fsp3) is 0.312. The third-order valence-electron chi connectivity index (χ3n) is 2.95. The second-order valence-electron chi connectivity index (χ2n) is 4.64. The first-order valence-corrected chi connectivity index (χ1v) is 6.89. The minimum absolute atomic E-state index is 0.0887. The number of carbonyl (C=O) groups is 3. The molecule has 0 unspecified atom stereocenters. The van der Waals surface area contributed by atoms with E-state index in [1.54, 1.807) is 37.5 Å². The van der Waals surface area contributed by atoms with Crippen LogP contribution in [0, 0.1) is 0 Å². The second-order valence-corrected chi connectivity index (χ2v) is 4.64. The largest absolute Gasteiger partial charge is 0.497 e. The number of ether oxygens (including phenoxy) is 2. The number of hydrogen-bond donors (Lipinski definition) is 1. The van der Waals surface area contributed by atoms with Crippen LogP contribution in [0.25, 0.3) is 6.08 Å². The van der Waals surface area contributed by atoms with Crippen molar-refractivity contribution in [2.24, 2.45) is 0 Å². The quantitative estimate of drug-likeness (QED) is 0.583. The lowest BCUT2D eigenvalue weighted by Gasteiger charge is -2.15. The predicted octanol–water partition coefficient (Wildman–Crippen LogP) is 0.456. The van der Waals surface area contributed by atoms with Gasteiger partial charge in [-0.2, -0.15) is 0 Å². The zero-order valence-corrected chi connectivity index (χ0v) is 13.4. The number of methoxy groups -OCH3 is 1. The van der Waals surface area contributed by atoms with E-state index in [-0.39, 0.29) is 12.5 Å². The van der Waals surface area contributed by atoms with Gasteiger partial charge in [-0.05, 0) is 23.8 Å². The van der Waals surface area contributed by atoms with Crippen molar-refractivity contribution < 1.29 is 23.9 Å². The van der Waals surface area contributed by atoms with Gasteiger partial charge in [0.15, 0.2) is 6.61 Å². The Morgan fingerprint density at radius 3 is 2.43 bits per heavy atom. The molecule has 1 N–H and O–H groups in total. The summed E-state index contributed by atoms with van der Waals surface area (Å²) in [5.41, 5.74) is 0.797. The third-order valence-corrected chi connectivity index (χ3v) is 2.95. The first kappa shape index (κ1) is 18.2. The smallest absolute Gasteiger partial charge is 0.331 e. The molecule has 23 heavy (non-hydrogen) atoms. The molecule has 0 heterocycles. The van der Waals surface area contributed by atoms with E-state index in [0.717, 1.165) is 11.3 Å². The second kappa shape index (κ2) is 9.24. The molecule has 124 valence electrons. The summed E-state index contributed by atoms with van der Waals surface area (Å²) < 4.78 is 9.86. The summed E-state index contributed by atoms with van der Waals surface area (Å²) in [6, 6.07) is 7.10. The molecule has 1 aromatic rings. The van der Waals surface area contributed by atoms with Gasteiger partial charge in [-0.15, -0.1) is 0 Å². The molecule has 1 rings (SSSR count). The van der Waals surface area contributed by atoms with Crippen LogP contribution in [0.1, 0.15) is 5.56 Å². The summed E-state index contributed by atoms with van der Waals surface area (Å²) >= 11 is 0. The molecule has 0 bridgehead atoms. The van der Waals surface area contributed by atoms with Crippen LogP contribution >= 0.6 is 0 Å². The minimum atomic E-state index is -0.637. The molecule has 0 saturated carbocycles. The Bertz CT molecular complexity index is 581. The van der Waals surface area contributed by atoms with E-state index in [9.17, 15) is 14.4 Å². The van der Waals surface area contributed by atoms with Gasteiger partial charge in [0.1, 0.15) is 5.75 Å². The van der Waals surface area contributed by atoms with Crippen molar-refractivity contribution >= 4 is 23.9 Å². The highest BCUT2D eigenvalue weighted by molar-refractivity contribution is 5.90. The maximum Gasteiger partial charge on any atom is 0.331 e. The number of carbonyl (C=O) groups excluding carboxylic acids is 3. The molecule has 0 saturated heterocycles. The summed E-state index contributed by atoms with van der Waals surface area (Å²) in [6.07, 6.45) is 2.80. The first-order chi connectivity index (χ1) is 11.0. The zero-order chi connectivity index (χ0) is 17.2. The van der Waals surface area contributed by atoms with Gasteiger partial charge in [0, 0.05) is 20.2 Å². The van der Waals surface area contributed by atoms with Gasteiger partial charge < -0.3 is 19.7 Å². The van der Waals surface area contributed by atoms with Crippen LogP contribution in [-0.2, 0) is 19.1 Å². The monoisotopic (exact) mass is 320 g/mol. The molecular formula is C16H20N2O5. The van der Waals surface area contributed by atoms with Crippen LogP contribution in [0.2, 0.25) is 0 Å². The van der Waals surface area contributed by atoms with Crippen LogP contribution < -0.4 is 10.1 Å². The molecule has 0 fully saturated rings. The molecule has 0 aliphatic carbocycles. The average Bonchev–Trinajstić information content (AvgIpc) is 2.57. The number of benzene rings is 1. The lowest BCUT2D eigenvalue weighted by Crippen LogP contribution is -2.38. The van der Waals surface area contributed by atoms with Crippen molar-refractivity contribution in [3.8, 4) is 5.75 Å². The summed E-state index contributed by atoms with van der Waals surface area (Å²) in [4.78, 5) is 35.6. The molecule has 0 atom stereocenters. The molecule has 7 nitrogen and oxygen atoms in total. The van der Waals surface area contributed by atoms with Crippen LogP contribution in [0.5, 0.6) is 5.75 Å². The highest BCUT2D eigenvalue weighted by Gasteiger charge is 2.13. The highest BCUT2D eigenvalue weighted by Crippen LogP contribution is 2.12. The van der Waals surface area contributed by atoms with Crippen LogP contribution in [0.15, 0.2) is 30.3 Å². The molecule has 0 aromatic heterocycles. The Kier molecular flexibility index (Phi) is 7.32. The molecule has 0 spiro atoms. The van der Waals surface area contributed by atoms with E-state index in [2.05, 4.69) is 5.32 Å². The summed E-state index contributed by atoms with van der Waals surface area (Å²) in [6.45, 7) is -0.506. The number of nitrogens with zero attached hydrogens (tertiary/aromatic N) is 1. The van der Waals surface area contributed by atoms with Gasteiger partial charge in [0.25, 0.3) is 5.91 Å². The summed E-state index contributed by atoms with van der Waals surface area (Å²) in [5.74, 6) is -0.677. The standard InChI is InChI=1S/C16H20N2O5/c1-17-14(19)10-18(2)15(20)11-23-16(21)9-6-12-4-7-13(22-3)8-5-12/h4-9H,10-11H2,1-3H3,(H,17,19)/b9-6+. The first-order valence-electron chi connectivity index (χ1n) is 6.89. The lowest BCUT2D eigenvalue weighted by molar-refractivity contribution is -0.148. The minimum Gasteiger partial charge on any atom is -0.497 e. The fourth-order valence-electron chi connectivity index (χ4n) is 1.55. The van der Waals surface area contributed by atoms with Crippen molar-refractivity contribution in [2.75, 3.05) is 34.4 Å². The van der Waals surface area contributed by atoms with Crippen LogP contribution in [-0.4, -0.2) is 57.0 Å². The topological polar surface area (TPSA) is 84.9 Å². The van der Waals surface area contributed by atoms with Gasteiger partial charge in [0.05, 0.1) is 13.7 Å². The van der Waals surface area contributed by atoms with Crippen LogP contribution in [0.3, 0.4) is 0 Å². The van der Waals surface area contributed by atoms with E-state index >= 15 is 0 Å². The molecule has 7 heteroatoms. The third kappa shape index (κ3) is 6.64. The van der Waals surface area contributed by atoms with Crippen molar-refractivity contribution in [1.29, 1.82) is 0 Å². The van der Waals surface area contributed by atoms with E-state index in [4.69, 9.17) is 9.47 Å². The zero-order valence-electron chi connectivity index (χ0n) is 13.4. The van der Waals surface area contributed by atoms with Crippen LogP contribution in [0.4, 0.5) is 0 Å². The Balaban J connectivity index is 2.42. The van der Waals surface area contributed by atoms with Gasteiger partial charge in [-0.3, -0.25) is 9.59 Å². The number of likely N-dealkylation sites (N-methyl/N-ethyl adjacent to an activating group) is 2. The van der Waals surface area contributed by atoms with Gasteiger partial charge in [-0.1, -0.05) is 12.1 Å². The van der Waals surface area contributed by atoms with Gasteiger partial charge in [0.2, 0.25) is 5.91 Å². The predicted molar refractivity (Wildman–Crippen MR) is 84.7 cm³/mol. The number of hydrogen-bond acceptors (Lipinski definition) is 5. The number of rotatable bonds is 7. The average molecular weight is 320 g/mol. The van der Waals surface area contributed by atoms with Crippen molar-refractivity contribution in [3.63, 3.8) is 0 Å². The highest BCUT2D eigenvalue weighted by atomic mass is 16.5. The van der Waals surface area contributed by atoms with E-state index in [1.165, 1.54) is 25.1 Å². The van der Waals surface area contributed by atoms with Gasteiger partial charge in [-0.25, -0.2) is 4.79 Å². The van der Waals surface area contributed by atoms with Crippen molar-refractivity contribution in [2.45, 2.75) is 0 Å². The molecule has 0 aliphatic rings. The Morgan fingerprint density at radius 1 is 1.22 bits per heavy atom. The normalized spacial score (nSPS) is 10.2. The molecule has 0 aliphatic heterocycles. The Morgan fingerprint density at radius 2 is 1.87 bits per heavy atom. The number of esters is 1. The number of amides is 2. The number of nitrogens with one attached hydrogen (secondary N) is 1. The Hall–Kier alpha value is -2.83. The fourth-order valence-corrected chi connectivity index (χ4v) is 1.55. The molecular weight excluding hydrogens is 300 g/mol. The Labute approximate surface area is 134 Å².